The van der Waals surface area contributed by atoms with Crippen molar-refractivity contribution < 1.29 is 17.9 Å². The lowest BCUT2D eigenvalue weighted by Gasteiger charge is -2.13. The molecule has 152 valence electrons. The van der Waals surface area contributed by atoms with Crippen molar-refractivity contribution in [1.29, 1.82) is 0 Å². The number of anilines is 1. The number of nitrogens with one attached hydrogen (secondary N) is 2. The number of sulfonamides is 1. The molecular weight excluding hydrogens is 396 g/mol. The van der Waals surface area contributed by atoms with Gasteiger partial charge in [0.05, 0.1) is 22.4 Å². The van der Waals surface area contributed by atoms with Crippen molar-refractivity contribution in [1.82, 2.24) is 9.66 Å². The molecule has 2 N–H and O–H groups in total. The number of fused-ring (bicyclic) bond motifs is 1. The van der Waals surface area contributed by atoms with Crippen molar-refractivity contribution in [3.63, 3.8) is 0 Å². The third-order valence-electron chi connectivity index (χ3n) is 4.10. The summed E-state index contributed by atoms with van der Waals surface area (Å²) in [7, 11) is -3.83. The van der Waals surface area contributed by atoms with Crippen LogP contribution in [-0.2, 0) is 14.8 Å². The molecule has 0 aliphatic rings. The predicted molar refractivity (Wildman–Crippen MR) is 109 cm³/mol. The number of amides is 1. The lowest BCUT2D eigenvalue weighted by atomic mass is 10.2. The topological polar surface area (TPSA) is 119 Å². The van der Waals surface area contributed by atoms with Crippen LogP contribution in [0.3, 0.4) is 0 Å². The predicted octanol–water partition coefficient (Wildman–Crippen LogP) is 2.51. The van der Waals surface area contributed by atoms with Crippen molar-refractivity contribution in [2.45, 2.75) is 25.7 Å². The number of benzene rings is 2. The van der Waals surface area contributed by atoms with E-state index < -0.39 is 21.7 Å². The van der Waals surface area contributed by atoms with Crippen LogP contribution in [0.15, 0.2) is 52.2 Å². The number of nitrogens with zero attached hydrogens (tertiary/aromatic N) is 2. The maximum Gasteiger partial charge on any atom is 0.426 e. The molecule has 1 aromatic heterocycles. The fourth-order valence-corrected chi connectivity index (χ4v) is 3.73. The van der Waals surface area contributed by atoms with Crippen LogP contribution in [0.4, 0.5) is 10.5 Å². The minimum absolute atomic E-state index is 0.103. The van der Waals surface area contributed by atoms with Crippen LogP contribution in [0, 0.1) is 13.8 Å². The van der Waals surface area contributed by atoms with E-state index in [1.807, 2.05) is 6.92 Å². The Morgan fingerprint density at radius 2 is 1.83 bits per heavy atom. The van der Waals surface area contributed by atoms with Gasteiger partial charge in [-0.2, -0.15) is 4.68 Å². The van der Waals surface area contributed by atoms with Crippen molar-refractivity contribution in [2.24, 2.45) is 0 Å². The summed E-state index contributed by atoms with van der Waals surface area (Å²) in [6, 6.07) is 10.8. The number of ether oxygens (including phenoxy) is 1. The van der Waals surface area contributed by atoms with Gasteiger partial charge in [0.25, 0.3) is 15.6 Å². The van der Waals surface area contributed by atoms with Gasteiger partial charge in [-0.1, -0.05) is 17.7 Å². The van der Waals surface area contributed by atoms with Crippen LogP contribution in [0.2, 0.25) is 0 Å². The Labute approximate surface area is 167 Å². The lowest BCUT2D eigenvalue weighted by molar-refractivity contribution is 0.164. The van der Waals surface area contributed by atoms with Gasteiger partial charge >= 0.3 is 6.09 Å². The second-order valence-corrected chi connectivity index (χ2v) is 7.96. The van der Waals surface area contributed by atoms with E-state index in [1.54, 1.807) is 26.0 Å². The molecule has 0 spiro atoms. The average Bonchev–Trinajstić information content (AvgIpc) is 2.66. The summed E-state index contributed by atoms with van der Waals surface area (Å²) < 4.78 is 33.4. The molecule has 1 heterocycles. The molecule has 2 aromatic carbocycles. The van der Waals surface area contributed by atoms with E-state index in [9.17, 15) is 18.0 Å². The normalized spacial score (nSPS) is 11.3. The Balaban J connectivity index is 1.99. The molecule has 9 nitrogen and oxygen atoms in total. The summed E-state index contributed by atoms with van der Waals surface area (Å²) in [6.07, 6.45) is -0.796. The van der Waals surface area contributed by atoms with Gasteiger partial charge in [0.1, 0.15) is 5.82 Å². The van der Waals surface area contributed by atoms with E-state index in [0.717, 1.165) is 10.2 Å². The van der Waals surface area contributed by atoms with Crippen LogP contribution in [0.1, 0.15) is 18.3 Å². The molecular formula is C19H20N4O5S. The fourth-order valence-electron chi connectivity index (χ4n) is 2.68. The smallest absolute Gasteiger partial charge is 0.426 e. The highest BCUT2D eigenvalue weighted by molar-refractivity contribution is 7.92. The zero-order chi connectivity index (χ0) is 21.2. The number of hydrogen-bond acceptors (Lipinski definition) is 6. The number of hydrogen-bond donors (Lipinski definition) is 2. The SMILES string of the molecule is CCOC(=O)Nn1c(C)nc2ccc(NS(=O)(=O)c3ccc(C)cc3)cc2c1=O. The van der Waals surface area contributed by atoms with Crippen LogP contribution in [-0.4, -0.2) is 30.8 Å². The molecule has 0 fully saturated rings. The van der Waals surface area contributed by atoms with Gasteiger partial charge in [-0.3, -0.25) is 9.52 Å². The standard InChI is InChI=1S/C19H20N4O5S/c1-4-28-19(25)21-23-13(3)20-17-10-7-14(11-16(17)18(23)24)22-29(26,27)15-8-5-12(2)6-9-15/h5-11,22H,4H2,1-3H3,(H,21,25). The molecule has 0 aliphatic carbocycles. The Morgan fingerprint density at radius 1 is 1.14 bits per heavy atom. The summed E-state index contributed by atoms with van der Waals surface area (Å²) in [5.41, 5.74) is 3.26. The van der Waals surface area contributed by atoms with Crippen LogP contribution in [0.25, 0.3) is 10.9 Å². The molecule has 1 amide bonds. The third kappa shape index (κ3) is 4.37. The quantitative estimate of drug-likeness (QED) is 0.660. The van der Waals surface area contributed by atoms with Crippen LogP contribution >= 0.6 is 0 Å². The first kappa shape index (κ1) is 20.3. The first-order valence-corrected chi connectivity index (χ1v) is 10.3. The van der Waals surface area contributed by atoms with Crippen molar-refractivity contribution in [2.75, 3.05) is 16.8 Å². The van der Waals surface area contributed by atoms with Gasteiger partial charge < -0.3 is 4.74 Å². The van der Waals surface area contributed by atoms with Crippen molar-refractivity contribution in [3.05, 3.63) is 64.2 Å². The van der Waals surface area contributed by atoms with Gasteiger partial charge in [0.2, 0.25) is 0 Å². The zero-order valence-electron chi connectivity index (χ0n) is 16.1. The second kappa shape index (κ2) is 7.92. The van der Waals surface area contributed by atoms with E-state index in [1.165, 1.54) is 30.3 Å². The van der Waals surface area contributed by atoms with Gasteiger partial charge in [0, 0.05) is 5.69 Å². The maximum atomic E-state index is 12.8. The molecule has 0 radical (unpaired) electrons. The highest BCUT2D eigenvalue weighted by Gasteiger charge is 2.16. The molecule has 0 saturated carbocycles. The number of carbonyl (C=O) groups is 1. The molecule has 29 heavy (non-hydrogen) atoms. The summed E-state index contributed by atoms with van der Waals surface area (Å²) in [4.78, 5) is 28.8. The fraction of sp³-hybridized carbons (Fsp3) is 0.211. The Hall–Kier alpha value is -3.40. The van der Waals surface area contributed by atoms with E-state index in [2.05, 4.69) is 15.1 Å². The van der Waals surface area contributed by atoms with Crippen molar-refractivity contribution in [3.8, 4) is 0 Å². The molecule has 0 aliphatic heterocycles. The zero-order valence-corrected chi connectivity index (χ0v) is 16.9. The Bertz CT molecular complexity index is 1230. The Kier molecular flexibility index (Phi) is 5.55. The second-order valence-electron chi connectivity index (χ2n) is 6.28. The highest BCUT2D eigenvalue weighted by atomic mass is 32.2. The van der Waals surface area contributed by atoms with Crippen LogP contribution < -0.4 is 15.7 Å². The summed E-state index contributed by atoms with van der Waals surface area (Å²) >= 11 is 0. The monoisotopic (exact) mass is 416 g/mol. The minimum Gasteiger partial charge on any atom is -0.449 e. The maximum absolute atomic E-state index is 12.8. The van der Waals surface area contributed by atoms with Gasteiger partial charge in [-0.05, 0) is 51.1 Å². The largest absolute Gasteiger partial charge is 0.449 e. The highest BCUT2D eigenvalue weighted by Crippen LogP contribution is 2.19. The minimum atomic E-state index is -3.83. The number of rotatable bonds is 5. The van der Waals surface area contributed by atoms with Crippen molar-refractivity contribution >= 4 is 32.7 Å². The first-order valence-electron chi connectivity index (χ1n) is 8.78. The molecule has 10 heteroatoms. The van der Waals surface area contributed by atoms with Crippen LogP contribution in [0.5, 0.6) is 0 Å². The number of carbonyl (C=O) groups excluding carboxylic acids is 1. The molecule has 0 saturated heterocycles. The van der Waals surface area contributed by atoms with Gasteiger partial charge in [0.15, 0.2) is 0 Å². The van der Waals surface area contributed by atoms with Gasteiger partial charge in [-0.25, -0.2) is 23.6 Å². The third-order valence-corrected chi connectivity index (χ3v) is 5.50. The number of aromatic nitrogens is 2. The summed E-state index contributed by atoms with van der Waals surface area (Å²) in [5.74, 6) is 0.253. The molecule has 0 unspecified atom stereocenters. The van der Waals surface area contributed by atoms with E-state index in [0.29, 0.717) is 5.52 Å². The van der Waals surface area contributed by atoms with E-state index in [4.69, 9.17) is 4.74 Å². The molecule has 0 atom stereocenters. The number of aryl methyl sites for hydroxylation is 2. The van der Waals surface area contributed by atoms with Gasteiger partial charge in [-0.15, -0.1) is 0 Å². The summed E-state index contributed by atoms with van der Waals surface area (Å²) in [6.45, 7) is 5.20. The molecule has 3 aromatic rings. The first-order chi connectivity index (χ1) is 13.7. The molecule has 0 bridgehead atoms. The molecule has 3 rings (SSSR count). The summed E-state index contributed by atoms with van der Waals surface area (Å²) in [5, 5.41) is 0.136. The Morgan fingerprint density at radius 3 is 2.48 bits per heavy atom. The average molecular weight is 416 g/mol. The van der Waals surface area contributed by atoms with E-state index >= 15 is 0 Å². The lowest BCUT2D eigenvalue weighted by Crippen LogP contribution is -2.35. The van der Waals surface area contributed by atoms with E-state index in [-0.39, 0.29) is 28.4 Å².